The quantitative estimate of drug-likeness (QED) is 0.345. The number of nitrogens with zero attached hydrogens (tertiary/aromatic N) is 4. The molecule has 4 rings (SSSR count). The molecule has 7 heteroatoms. The molecule has 2 aromatic carbocycles. The number of nitrogens with one attached hydrogen (secondary N) is 1. The molecule has 0 aliphatic rings. The van der Waals surface area contributed by atoms with Crippen LogP contribution >= 0.6 is 11.8 Å². The highest BCUT2D eigenvalue weighted by atomic mass is 32.2. The van der Waals surface area contributed by atoms with Crippen LogP contribution in [0.25, 0.3) is 17.1 Å². The second-order valence-corrected chi connectivity index (χ2v) is 9.26. The monoisotopic (exact) mass is 471 g/mol. The summed E-state index contributed by atoms with van der Waals surface area (Å²) in [7, 11) is 0. The van der Waals surface area contributed by atoms with E-state index in [2.05, 4.69) is 83.7 Å². The van der Waals surface area contributed by atoms with E-state index < -0.39 is 0 Å². The summed E-state index contributed by atoms with van der Waals surface area (Å²) in [4.78, 5) is 16.9. The van der Waals surface area contributed by atoms with Gasteiger partial charge < -0.3 is 5.32 Å². The van der Waals surface area contributed by atoms with Gasteiger partial charge in [-0.1, -0.05) is 49.0 Å². The minimum absolute atomic E-state index is 0.0443. The summed E-state index contributed by atoms with van der Waals surface area (Å²) in [6.45, 7) is 8.31. The van der Waals surface area contributed by atoms with E-state index in [1.54, 1.807) is 12.4 Å². The summed E-state index contributed by atoms with van der Waals surface area (Å²) >= 11 is 1.38. The average Bonchev–Trinajstić information content (AvgIpc) is 3.29. The fourth-order valence-corrected chi connectivity index (χ4v) is 4.45. The molecule has 1 N–H and O–H groups in total. The lowest BCUT2D eigenvalue weighted by molar-refractivity contribution is -0.119. The summed E-state index contributed by atoms with van der Waals surface area (Å²) in [6, 6.07) is 18.4. The lowest BCUT2D eigenvalue weighted by atomic mass is 10.1. The van der Waals surface area contributed by atoms with E-state index in [1.807, 2.05) is 23.6 Å². The molecule has 0 spiro atoms. The van der Waals surface area contributed by atoms with Gasteiger partial charge in [-0.05, 0) is 73.7 Å². The van der Waals surface area contributed by atoms with Gasteiger partial charge in [-0.25, -0.2) is 0 Å². The van der Waals surface area contributed by atoms with Crippen molar-refractivity contribution in [2.24, 2.45) is 0 Å². The molecule has 0 aliphatic carbocycles. The standard InChI is InChI=1S/C27H29N5OS/c1-5-21-7-9-22(10-8-21)20(4)29-25(33)17-34-27-31-30-26(23-12-14-28-15-13-23)32(27)24-11-6-18(2)19(3)16-24/h6-16,20H,5,17H2,1-4H3,(H,29,33). The molecular weight excluding hydrogens is 442 g/mol. The Morgan fingerprint density at radius 3 is 2.41 bits per heavy atom. The van der Waals surface area contributed by atoms with Crippen molar-refractivity contribution in [1.82, 2.24) is 25.1 Å². The summed E-state index contributed by atoms with van der Waals surface area (Å²) in [5, 5.41) is 12.6. The second kappa shape index (κ2) is 10.7. The highest BCUT2D eigenvalue weighted by molar-refractivity contribution is 7.99. The molecule has 1 atom stereocenters. The van der Waals surface area contributed by atoms with Crippen molar-refractivity contribution in [3.8, 4) is 17.1 Å². The van der Waals surface area contributed by atoms with E-state index in [1.165, 1.54) is 28.5 Å². The molecule has 0 radical (unpaired) electrons. The van der Waals surface area contributed by atoms with Crippen molar-refractivity contribution >= 4 is 17.7 Å². The first-order valence-corrected chi connectivity index (χ1v) is 12.4. The minimum Gasteiger partial charge on any atom is -0.349 e. The van der Waals surface area contributed by atoms with Crippen LogP contribution in [0.5, 0.6) is 0 Å². The zero-order valence-corrected chi connectivity index (χ0v) is 20.8. The van der Waals surface area contributed by atoms with Gasteiger partial charge in [-0.2, -0.15) is 0 Å². The van der Waals surface area contributed by atoms with Gasteiger partial charge >= 0.3 is 0 Å². The zero-order valence-electron chi connectivity index (χ0n) is 19.9. The van der Waals surface area contributed by atoms with Gasteiger partial charge in [0.25, 0.3) is 0 Å². The fourth-order valence-electron chi connectivity index (χ4n) is 3.69. The Balaban J connectivity index is 1.53. The van der Waals surface area contributed by atoms with E-state index in [4.69, 9.17) is 0 Å². The number of hydrogen-bond donors (Lipinski definition) is 1. The van der Waals surface area contributed by atoms with Gasteiger partial charge in [0.05, 0.1) is 17.5 Å². The van der Waals surface area contributed by atoms with Crippen LogP contribution in [-0.4, -0.2) is 31.4 Å². The molecular formula is C27H29N5OS. The number of aryl methyl sites for hydroxylation is 3. The number of carbonyl (C=O) groups excluding carboxylic acids is 1. The third-order valence-corrected chi connectivity index (χ3v) is 6.85. The Kier molecular flexibility index (Phi) is 7.43. The molecule has 1 unspecified atom stereocenters. The maximum atomic E-state index is 12.7. The van der Waals surface area contributed by atoms with Gasteiger partial charge in [0.2, 0.25) is 5.91 Å². The molecule has 34 heavy (non-hydrogen) atoms. The molecule has 0 fully saturated rings. The molecule has 2 heterocycles. The second-order valence-electron chi connectivity index (χ2n) is 8.32. The van der Waals surface area contributed by atoms with E-state index in [9.17, 15) is 4.79 Å². The molecule has 0 aliphatic heterocycles. The summed E-state index contributed by atoms with van der Waals surface area (Å²) in [6.07, 6.45) is 4.48. The van der Waals surface area contributed by atoms with Crippen molar-refractivity contribution in [1.29, 1.82) is 0 Å². The predicted molar refractivity (Wildman–Crippen MR) is 137 cm³/mol. The number of pyridine rings is 1. The number of benzene rings is 2. The number of thioether (sulfide) groups is 1. The molecule has 2 aromatic heterocycles. The maximum Gasteiger partial charge on any atom is 0.230 e. The molecule has 0 bridgehead atoms. The van der Waals surface area contributed by atoms with Crippen LogP contribution in [0.1, 0.15) is 42.1 Å². The SMILES string of the molecule is CCc1ccc(C(C)NC(=O)CSc2nnc(-c3ccncc3)n2-c2ccc(C)c(C)c2)cc1. The molecule has 1 amide bonds. The van der Waals surface area contributed by atoms with E-state index in [0.29, 0.717) is 5.16 Å². The van der Waals surface area contributed by atoms with Crippen LogP contribution in [0.15, 0.2) is 72.1 Å². The third kappa shape index (κ3) is 5.37. The Labute approximate surface area is 204 Å². The first kappa shape index (κ1) is 23.7. The fraction of sp³-hybridized carbons (Fsp3) is 0.259. The van der Waals surface area contributed by atoms with Crippen molar-refractivity contribution < 1.29 is 4.79 Å². The van der Waals surface area contributed by atoms with Crippen LogP contribution < -0.4 is 5.32 Å². The van der Waals surface area contributed by atoms with Crippen LogP contribution in [0.4, 0.5) is 0 Å². The van der Waals surface area contributed by atoms with Crippen LogP contribution in [0, 0.1) is 13.8 Å². The van der Waals surface area contributed by atoms with Gasteiger partial charge in [0, 0.05) is 18.0 Å². The Hall–Kier alpha value is -3.45. The number of carbonyl (C=O) groups is 1. The minimum atomic E-state index is -0.0657. The normalized spacial score (nSPS) is 11.9. The van der Waals surface area contributed by atoms with E-state index >= 15 is 0 Å². The van der Waals surface area contributed by atoms with Crippen molar-refractivity contribution in [2.45, 2.75) is 45.3 Å². The first-order valence-electron chi connectivity index (χ1n) is 11.4. The Bertz CT molecular complexity index is 1270. The van der Waals surface area contributed by atoms with Crippen LogP contribution in [0.3, 0.4) is 0 Å². The lowest BCUT2D eigenvalue weighted by Gasteiger charge is -2.15. The molecule has 0 saturated carbocycles. The number of amides is 1. The first-order chi connectivity index (χ1) is 16.5. The molecule has 6 nitrogen and oxygen atoms in total. The molecule has 4 aromatic rings. The summed E-state index contributed by atoms with van der Waals surface area (Å²) in [5.41, 5.74) is 6.66. The maximum absolute atomic E-state index is 12.7. The van der Waals surface area contributed by atoms with Crippen molar-refractivity contribution in [2.75, 3.05) is 5.75 Å². The van der Waals surface area contributed by atoms with E-state index in [0.717, 1.165) is 29.1 Å². The molecule has 174 valence electrons. The lowest BCUT2D eigenvalue weighted by Crippen LogP contribution is -2.28. The Morgan fingerprint density at radius 1 is 1.00 bits per heavy atom. The van der Waals surface area contributed by atoms with E-state index in [-0.39, 0.29) is 17.7 Å². The third-order valence-electron chi connectivity index (χ3n) is 5.92. The average molecular weight is 472 g/mol. The van der Waals surface area contributed by atoms with Crippen molar-refractivity contribution in [3.63, 3.8) is 0 Å². The number of hydrogen-bond acceptors (Lipinski definition) is 5. The highest BCUT2D eigenvalue weighted by Crippen LogP contribution is 2.28. The van der Waals surface area contributed by atoms with Crippen LogP contribution in [-0.2, 0) is 11.2 Å². The topological polar surface area (TPSA) is 72.7 Å². The predicted octanol–water partition coefficient (Wildman–Crippen LogP) is 5.48. The zero-order chi connectivity index (χ0) is 24.1. The number of rotatable bonds is 8. The summed E-state index contributed by atoms with van der Waals surface area (Å²) < 4.78 is 2.01. The smallest absolute Gasteiger partial charge is 0.230 e. The van der Waals surface area contributed by atoms with Gasteiger partial charge in [0.15, 0.2) is 11.0 Å². The largest absolute Gasteiger partial charge is 0.349 e. The van der Waals surface area contributed by atoms with Gasteiger partial charge in [-0.15, -0.1) is 10.2 Å². The summed E-state index contributed by atoms with van der Waals surface area (Å²) in [5.74, 6) is 0.923. The van der Waals surface area contributed by atoms with Crippen LogP contribution in [0.2, 0.25) is 0 Å². The van der Waals surface area contributed by atoms with Gasteiger partial charge in [-0.3, -0.25) is 14.3 Å². The Morgan fingerprint density at radius 2 is 1.74 bits per heavy atom. The molecule has 0 saturated heterocycles. The number of aromatic nitrogens is 4. The highest BCUT2D eigenvalue weighted by Gasteiger charge is 2.18. The van der Waals surface area contributed by atoms with Gasteiger partial charge in [0.1, 0.15) is 0 Å². The van der Waals surface area contributed by atoms with Crippen molar-refractivity contribution in [3.05, 3.63) is 89.2 Å².